The zero-order chi connectivity index (χ0) is 26.0. The minimum absolute atomic E-state index is 0.0977. The minimum atomic E-state index is -0.535. The fourth-order valence-corrected chi connectivity index (χ4v) is 2.58. The first kappa shape index (κ1) is 27.6. The van der Waals surface area contributed by atoms with E-state index in [2.05, 4.69) is 41.8 Å². The Morgan fingerprint density at radius 3 is 2.11 bits per heavy atom. The van der Waals surface area contributed by atoms with Crippen LogP contribution < -0.4 is 4.74 Å². The van der Waals surface area contributed by atoms with Gasteiger partial charge in [0.2, 0.25) is 0 Å². The number of aliphatic imine (C=N–C) groups is 1. The van der Waals surface area contributed by atoms with E-state index in [1.54, 1.807) is 12.3 Å². The van der Waals surface area contributed by atoms with Crippen LogP contribution in [0.25, 0.3) is 0 Å². The molecule has 0 N–H and O–H groups in total. The quantitative estimate of drug-likeness (QED) is 0.139. The molecule has 6 nitrogen and oxygen atoms in total. The van der Waals surface area contributed by atoms with Gasteiger partial charge in [0.05, 0.1) is 25.5 Å². The first-order valence-corrected chi connectivity index (χ1v) is 11.2. The maximum Gasteiger partial charge on any atom is 0.330 e. The van der Waals surface area contributed by atoms with Gasteiger partial charge in [-0.3, -0.25) is 4.99 Å². The molecular formula is C29H26FNO5. The Labute approximate surface area is 210 Å². The molecule has 0 fully saturated rings. The average molecular weight is 488 g/mol. The summed E-state index contributed by atoms with van der Waals surface area (Å²) >= 11 is 0. The van der Waals surface area contributed by atoms with Gasteiger partial charge in [-0.1, -0.05) is 25.0 Å². The summed E-state index contributed by atoms with van der Waals surface area (Å²) < 4.78 is 29.3. The molecule has 0 aliphatic rings. The Balaban J connectivity index is 1.78. The topological polar surface area (TPSA) is 74.2 Å². The molecule has 0 aromatic heterocycles. The fourth-order valence-electron chi connectivity index (χ4n) is 2.58. The van der Waals surface area contributed by atoms with Gasteiger partial charge < -0.3 is 14.2 Å². The number of hydrogen-bond donors (Lipinski definition) is 0. The van der Waals surface area contributed by atoms with Crippen LogP contribution in [-0.4, -0.2) is 38.0 Å². The van der Waals surface area contributed by atoms with Crippen LogP contribution in [0.4, 0.5) is 10.1 Å². The number of ether oxygens (including phenoxy) is 3. The van der Waals surface area contributed by atoms with Gasteiger partial charge in [0.25, 0.3) is 0 Å². The lowest BCUT2D eigenvalue weighted by molar-refractivity contribution is -0.138. The number of halogens is 1. The molecule has 0 amide bonds. The van der Waals surface area contributed by atoms with Gasteiger partial charge in [-0.05, 0) is 67.1 Å². The van der Waals surface area contributed by atoms with E-state index in [0.29, 0.717) is 31.4 Å². The third-order valence-electron chi connectivity index (χ3n) is 4.36. The number of hydrogen-bond acceptors (Lipinski definition) is 6. The highest BCUT2D eigenvalue weighted by atomic mass is 19.1. The molecule has 7 heteroatoms. The predicted octanol–water partition coefficient (Wildman–Crippen LogP) is 4.94. The fraction of sp³-hybridized carbons (Fsp3) is 0.207. The molecular weight excluding hydrogens is 461 g/mol. The number of esters is 2. The summed E-state index contributed by atoms with van der Waals surface area (Å²) in [6.45, 7) is 7.34. The van der Waals surface area contributed by atoms with Crippen LogP contribution in [0.1, 0.15) is 30.4 Å². The van der Waals surface area contributed by atoms with Crippen LogP contribution in [0.3, 0.4) is 0 Å². The van der Waals surface area contributed by atoms with Crippen molar-refractivity contribution in [1.82, 2.24) is 0 Å². The van der Waals surface area contributed by atoms with E-state index >= 15 is 0 Å². The molecule has 0 heterocycles. The molecule has 2 aromatic carbocycles. The van der Waals surface area contributed by atoms with Gasteiger partial charge in [-0.2, -0.15) is 0 Å². The van der Waals surface area contributed by atoms with Crippen molar-refractivity contribution in [3.63, 3.8) is 0 Å². The van der Waals surface area contributed by atoms with Gasteiger partial charge in [-0.15, -0.1) is 0 Å². The maximum atomic E-state index is 14.2. The summed E-state index contributed by atoms with van der Waals surface area (Å²) in [5, 5.41) is 0. The molecule has 0 unspecified atom stereocenters. The number of carbonyl (C=O) groups is 2. The summed E-state index contributed by atoms with van der Waals surface area (Å²) in [5.74, 6) is 9.81. The van der Waals surface area contributed by atoms with Gasteiger partial charge in [0.1, 0.15) is 0 Å². The Bertz CT molecular complexity index is 1210. The second kappa shape index (κ2) is 16.1. The first-order chi connectivity index (χ1) is 17.5. The monoisotopic (exact) mass is 487 g/mol. The Hall–Kier alpha value is -4.62. The summed E-state index contributed by atoms with van der Waals surface area (Å²) in [6.07, 6.45) is 5.77. The van der Waals surface area contributed by atoms with Crippen LogP contribution in [0, 0.1) is 29.5 Å². The number of unbranched alkanes of at least 4 members (excludes halogenated alkanes) is 1. The van der Waals surface area contributed by atoms with Crippen molar-refractivity contribution >= 4 is 23.8 Å². The summed E-state index contributed by atoms with van der Waals surface area (Å²) in [7, 11) is 0. The normalized spacial score (nSPS) is 9.81. The number of benzene rings is 2. The van der Waals surface area contributed by atoms with Gasteiger partial charge in [0.15, 0.2) is 11.6 Å². The number of nitrogens with zero attached hydrogens (tertiary/aromatic N) is 1. The van der Waals surface area contributed by atoms with Crippen molar-refractivity contribution in [2.24, 2.45) is 4.99 Å². The maximum absolute atomic E-state index is 14.2. The summed E-state index contributed by atoms with van der Waals surface area (Å²) in [6, 6.07) is 11.7. The highest BCUT2D eigenvalue weighted by molar-refractivity contribution is 5.81. The van der Waals surface area contributed by atoms with Crippen LogP contribution in [-0.2, 0) is 19.1 Å². The smallest absolute Gasteiger partial charge is 0.330 e. The van der Waals surface area contributed by atoms with Gasteiger partial charge in [-0.25, -0.2) is 14.0 Å². The third kappa shape index (κ3) is 11.0. The van der Waals surface area contributed by atoms with E-state index in [9.17, 15) is 14.0 Å². The van der Waals surface area contributed by atoms with Crippen LogP contribution >= 0.6 is 0 Å². The second-order valence-electron chi connectivity index (χ2n) is 7.09. The van der Waals surface area contributed by atoms with Crippen molar-refractivity contribution < 1.29 is 28.2 Å². The van der Waals surface area contributed by atoms with E-state index < -0.39 is 17.8 Å². The van der Waals surface area contributed by atoms with Crippen LogP contribution in [0.5, 0.6) is 5.75 Å². The molecule has 0 radical (unpaired) electrons. The largest absolute Gasteiger partial charge is 0.490 e. The summed E-state index contributed by atoms with van der Waals surface area (Å²) in [4.78, 5) is 26.2. The highest BCUT2D eigenvalue weighted by Gasteiger charge is 2.04. The molecule has 36 heavy (non-hydrogen) atoms. The Kier molecular flexibility index (Phi) is 12.3. The van der Waals surface area contributed by atoms with Crippen LogP contribution in [0.15, 0.2) is 72.8 Å². The number of rotatable bonds is 12. The SMILES string of the molecule is C=CC(=O)OCCCC=Nc1ccc(C#CC#Cc2ccc(OCCCOC(=O)C=C)c(F)c2)cc1. The molecule has 0 saturated carbocycles. The second-order valence-corrected chi connectivity index (χ2v) is 7.09. The number of carbonyl (C=O) groups excluding carboxylic acids is 2. The summed E-state index contributed by atoms with van der Waals surface area (Å²) in [5.41, 5.74) is 2.02. The molecule has 2 aromatic rings. The molecule has 0 aliphatic heterocycles. The molecule has 2 rings (SSSR count). The molecule has 0 spiro atoms. The van der Waals surface area contributed by atoms with Gasteiger partial charge in [0, 0.05) is 35.9 Å². The van der Waals surface area contributed by atoms with Crippen molar-refractivity contribution in [3.05, 3.63) is 84.7 Å². The van der Waals surface area contributed by atoms with Crippen molar-refractivity contribution in [2.45, 2.75) is 19.3 Å². The Morgan fingerprint density at radius 2 is 1.47 bits per heavy atom. The molecule has 184 valence electrons. The zero-order valence-electron chi connectivity index (χ0n) is 19.8. The van der Waals surface area contributed by atoms with Crippen molar-refractivity contribution in [1.29, 1.82) is 0 Å². The average Bonchev–Trinajstić information content (AvgIpc) is 2.89. The predicted molar refractivity (Wildman–Crippen MR) is 136 cm³/mol. The Morgan fingerprint density at radius 1 is 0.861 bits per heavy atom. The molecule has 0 atom stereocenters. The van der Waals surface area contributed by atoms with Crippen molar-refractivity contribution in [3.8, 4) is 29.4 Å². The van der Waals surface area contributed by atoms with E-state index in [4.69, 9.17) is 14.2 Å². The first-order valence-electron chi connectivity index (χ1n) is 11.2. The third-order valence-corrected chi connectivity index (χ3v) is 4.36. The van der Waals surface area contributed by atoms with E-state index in [-0.39, 0.29) is 19.0 Å². The van der Waals surface area contributed by atoms with E-state index in [1.165, 1.54) is 12.1 Å². The molecule has 0 bridgehead atoms. The van der Waals surface area contributed by atoms with Gasteiger partial charge >= 0.3 is 11.9 Å². The lowest BCUT2D eigenvalue weighted by Gasteiger charge is -2.07. The lowest BCUT2D eigenvalue weighted by Crippen LogP contribution is -2.07. The standard InChI is InChI=1S/C29H26FNO5/c1-3-28(32)35-19-8-7-18-31-25-15-12-23(13-16-25)10-5-6-11-24-14-17-27(26(30)22-24)34-20-9-21-36-29(33)4-2/h3-4,12-18,22H,1-2,7-9,19-21H2. The highest BCUT2D eigenvalue weighted by Crippen LogP contribution is 2.18. The van der Waals surface area contributed by atoms with E-state index in [1.807, 2.05) is 24.3 Å². The van der Waals surface area contributed by atoms with E-state index in [0.717, 1.165) is 23.4 Å². The van der Waals surface area contributed by atoms with Crippen LogP contribution in [0.2, 0.25) is 0 Å². The lowest BCUT2D eigenvalue weighted by atomic mass is 10.2. The minimum Gasteiger partial charge on any atom is -0.490 e. The van der Waals surface area contributed by atoms with Crippen molar-refractivity contribution in [2.75, 3.05) is 19.8 Å². The zero-order valence-corrected chi connectivity index (χ0v) is 19.8. The molecule has 0 saturated heterocycles. The molecule has 0 aliphatic carbocycles.